The SMILES string of the molecule is COc1ccc(-c2cc3c(=O)n(C[C@H](O)c4ccccc4)ccn3n2)cc1. The van der Waals surface area contributed by atoms with E-state index in [-0.39, 0.29) is 12.1 Å². The number of benzene rings is 2. The largest absolute Gasteiger partial charge is 0.497 e. The van der Waals surface area contributed by atoms with E-state index in [1.54, 1.807) is 30.1 Å². The molecule has 0 bridgehead atoms. The fraction of sp³-hybridized carbons (Fsp3) is 0.143. The average molecular weight is 361 g/mol. The molecule has 136 valence electrons. The molecule has 2 aromatic heterocycles. The van der Waals surface area contributed by atoms with E-state index in [2.05, 4.69) is 5.10 Å². The Morgan fingerprint density at radius 2 is 1.81 bits per heavy atom. The fourth-order valence-electron chi connectivity index (χ4n) is 3.04. The second-order valence-electron chi connectivity index (χ2n) is 6.27. The normalized spacial score (nSPS) is 12.2. The average Bonchev–Trinajstić information content (AvgIpc) is 3.16. The van der Waals surface area contributed by atoms with Crippen molar-refractivity contribution in [1.29, 1.82) is 0 Å². The van der Waals surface area contributed by atoms with E-state index < -0.39 is 6.10 Å². The van der Waals surface area contributed by atoms with Gasteiger partial charge in [-0.2, -0.15) is 5.10 Å². The van der Waals surface area contributed by atoms with Crippen molar-refractivity contribution in [1.82, 2.24) is 14.2 Å². The summed E-state index contributed by atoms with van der Waals surface area (Å²) in [7, 11) is 1.62. The number of ether oxygens (including phenoxy) is 1. The van der Waals surface area contributed by atoms with Crippen LogP contribution >= 0.6 is 0 Å². The molecule has 2 aromatic carbocycles. The van der Waals surface area contributed by atoms with Gasteiger partial charge in [-0.25, -0.2) is 4.52 Å². The summed E-state index contributed by atoms with van der Waals surface area (Å²) >= 11 is 0. The van der Waals surface area contributed by atoms with Gasteiger partial charge < -0.3 is 14.4 Å². The van der Waals surface area contributed by atoms with Gasteiger partial charge >= 0.3 is 0 Å². The molecule has 0 aliphatic rings. The molecule has 6 nitrogen and oxygen atoms in total. The van der Waals surface area contributed by atoms with Crippen LogP contribution in [-0.2, 0) is 6.54 Å². The predicted molar refractivity (Wildman–Crippen MR) is 103 cm³/mol. The highest BCUT2D eigenvalue weighted by atomic mass is 16.5. The highest BCUT2D eigenvalue weighted by Gasteiger charge is 2.13. The van der Waals surface area contributed by atoms with E-state index in [9.17, 15) is 9.90 Å². The molecule has 0 radical (unpaired) electrons. The molecule has 6 heteroatoms. The summed E-state index contributed by atoms with van der Waals surface area (Å²) in [5, 5.41) is 14.9. The lowest BCUT2D eigenvalue weighted by atomic mass is 10.1. The van der Waals surface area contributed by atoms with Crippen molar-refractivity contribution in [3.05, 3.63) is 89.0 Å². The maximum atomic E-state index is 12.8. The number of hydrogen-bond donors (Lipinski definition) is 1. The number of fused-ring (bicyclic) bond motifs is 1. The third-order valence-corrected chi connectivity index (χ3v) is 4.54. The molecule has 1 N–H and O–H groups in total. The molecule has 4 rings (SSSR count). The van der Waals surface area contributed by atoms with Crippen molar-refractivity contribution < 1.29 is 9.84 Å². The van der Waals surface area contributed by atoms with Gasteiger partial charge in [0.05, 0.1) is 25.5 Å². The number of methoxy groups -OCH3 is 1. The molecule has 0 amide bonds. The summed E-state index contributed by atoms with van der Waals surface area (Å²) < 4.78 is 8.24. The third-order valence-electron chi connectivity index (χ3n) is 4.54. The molecule has 0 saturated heterocycles. The van der Waals surface area contributed by atoms with E-state index in [0.29, 0.717) is 11.2 Å². The molecular formula is C21H19N3O3. The Morgan fingerprint density at radius 1 is 1.07 bits per heavy atom. The van der Waals surface area contributed by atoms with Gasteiger partial charge in [0.25, 0.3) is 5.56 Å². The van der Waals surface area contributed by atoms with Crippen LogP contribution < -0.4 is 10.3 Å². The Labute approximate surface area is 155 Å². The Kier molecular flexibility index (Phi) is 4.48. The van der Waals surface area contributed by atoms with Gasteiger partial charge in [-0.1, -0.05) is 30.3 Å². The van der Waals surface area contributed by atoms with E-state index in [4.69, 9.17) is 4.74 Å². The Morgan fingerprint density at radius 3 is 2.52 bits per heavy atom. The number of nitrogens with zero attached hydrogens (tertiary/aromatic N) is 3. The van der Waals surface area contributed by atoms with Crippen LogP contribution in [-0.4, -0.2) is 26.4 Å². The smallest absolute Gasteiger partial charge is 0.276 e. The van der Waals surface area contributed by atoms with Crippen LogP contribution in [0, 0.1) is 0 Å². The number of aliphatic hydroxyl groups is 1. The van der Waals surface area contributed by atoms with Crippen molar-refractivity contribution in [2.24, 2.45) is 0 Å². The van der Waals surface area contributed by atoms with Crippen LogP contribution in [0.5, 0.6) is 5.75 Å². The lowest BCUT2D eigenvalue weighted by molar-refractivity contribution is 0.155. The Bertz CT molecular complexity index is 1120. The minimum atomic E-state index is -0.754. The maximum Gasteiger partial charge on any atom is 0.276 e. The molecule has 0 fully saturated rings. The first-order valence-electron chi connectivity index (χ1n) is 8.62. The maximum absolute atomic E-state index is 12.8. The minimum Gasteiger partial charge on any atom is -0.497 e. The molecule has 0 saturated carbocycles. The molecule has 1 atom stereocenters. The molecule has 27 heavy (non-hydrogen) atoms. The third kappa shape index (κ3) is 3.35. The van der Waals surface area contributed by atoms with Gasteiger partial charge in [0.15, 0.2) is 0 Å². The van der Waals surface area contributed by atoms with E-state index >= 15 is 0 Å². The quantitative estimate of drug-likeness (QED) is 0.593. The second kappa shape index (κ2) is 7.09. The van der Waals surface area contributed by atoms with Gasteiger partial charge in [-0.15, -0.1) is 0 Å². The topological polar surface area (TPSA) is 68.8 Å². The number of aromatic nitrogens is 3. The number of rotatable bonds is 5. The fourth-order valence-corrected chi connectivity index (χ4v) is 3.04. The standard InChI is InChI=1S/C21H19N3O3/c1-27-17-9-7-15(8-10-17)18-13-19-21(26)23(11-12-24(19)22-18)14-20(25)16-5-3-2-4-6-16/h2-13,20,25H,14H2,1H3/t20-/m0/s1. The first-order valence-corrected chi connectivity index (χ1v) is 8.62. The summed E-state index contributed by atoms with van der Waals surface area (Å²) in [6.45, 7) is 0.183. The molecule has 0 spiro atoms. The summed E-state index contributed by atoms with van der Waals surface area (Å²) in [6.07, 6.45) is 2.61. The van der Waals surface area contributed by atoms with Crippen LogP contribution in [0.1, 0.15) is 11.7 Å². The van der Waals surface area contributed by atoms with Crippen LogP contribution in [0.15, 0.2) is 77.9 Å². The highest BCUT2D eigenvalue weighted by Crippen LogP contribution is 2.22. The van der Waals surface area contributed by atoms with Gasteiger partial charge in [-0.3, -0.25) is 4.79 Å². The summed E-state index contributed by atoms with van der Waals surface area (Å²) in [5.41, 5.74) is 2.64. The van der Waals surface area contributed by atoms with Crippen molar-refractivity contribution in [3.8, 4) is 17.0 Å². The van der Waals surface area contributed by atoms with Gasteiger partial charge in [-0.05, 0) is 35.9 Å². The Balaban J connectivity index is 1.66. The molecule has 0 aliphatic heterocycles. The monoisotopic (exact) mass is 361 g/mol. The van der Waals surface area contributed by atoms with E-state index in [1.165, 1.54) is 4.57 Å². The van der Waals surface area contributed by atoms with Crippen LogP contribution in [0.4, 0.5) is 0 Å². The van der Waals surface area contributed by atoms with Crippen LogP contribution in [0.25, 0.3) is 16.8 Å². The first-order chi connectivity index (χ1) is 13.2. The summed E-state index contributed by atoms with van der Waals surface area (Å²) in [6, 6.07) is 18.6. The van der Waals surface area contributed by atoms with Crippen molar-refractivity contribution in [2.75, 3.05) is 7.11 Å². The molecular weight excluding hydrogens is 342 g/mol. The van der Waals surface area contributed by atoms with Gasteiger partial charge in [0.1, 0.15) is 11.3 Å². The van der Waals surface area contributed by atoms with Crippen LogP contribution in [0.3, 0.4) is 0 Å². The second-order valence-corrected chi connectivity index (χ2v) is 6.27. The summed E-state index contributed by atoms with van der Waals surface area (Å²) in [5.74, 6) is 0.764. The molecule has 4 aromatic rings. The predicted octanol–water partition coefficient (Wildman–Crippen LogP) is 2.91. The lowest BCUT2D eigenvalue weighted by Crippen LogP contribution is -2.24. The van der Waals surface area contributed by atoms with Crippen LogP contribution in [0.2, 0.25) is 0 Å². The first kappa shape index (κ1) is 17.1. The zero-order valence-electron chi connectivity index (χ0n) is 14.8. The lowest BCUT2D eigenvalue weighted by Gasteiger charge is -2.13. The number of aliphatic hydroxyl groups excluding tert-OH is 1. The van der Waals surface area contributed by atoms with Crippen molar-refractivity contribution in [3.63, 3.8) is 0 Å². The van der Waals surface area contributed by atoms with Gasteiger partial charge in [0.2, 0.25) is 0 Å². The number of hydrogen-bond acceptors (Lipinski definition) is 4. The minimum absolute atomic E-state index is 0.183. The molecule has 0 unspecified atom stereocenters. The zero-order chi connectivity index (χ0) is 18.8. The Hall–Kier alpha value is -3.38. The molecule has 2 heterocycles. The van der Waals surface area contributed by atoms with Gasteiger partial charge in [0, 0.05) is 18.0 Å². The van der Waals surface area contributed by atoms with E-state index in [1.807, 2.05) is 54.6 Å². The van der Waals surface area contributed by atoms with Crippen molar-refractivity contribution >= 4 is 5.52 Å². The summed E-state index contributed by atoms with van der Waals surface area (Å²) in [4.78, 5) is 12.8. The molecule has 0 aliphatic carbocycles. The zero-order valence-corrected chi connectivity index (χ0v) is 14.8. The highest BCUT2D eigenvalue weighted by molar-refractivity contribution is 5.66. The van der Waals surface area contributed by atoms with Crippen molar-refractivity contribution in [2.45, 2.75) is 12.6 Å². The van der Waals surface area contributed by atoms with E-state index in [0.717, 1.165) is 16.9 Å².